The van der Waals surface area contributed by atoms with E-state index in [2.05, 4.69) is 4.98 Å². The third kappa shape index (κ3) is 4.17. The summed E-state index contributed by atoms with van der Waals surface area (Å²) >= 11 is 1.27. The van der Waals surface area contributed by atoms with Crippen molar-refractivity contribution >= 4 is 39.9 Å². The lowest BCUT2D eigenvalue weighted by Gasteiger charge is -2.17. The van der Waals surface area contributed by atoms with Crippen LogP contribution in [0.3, 0.4) is 0 Å². The number of amides is 1. The Morgan fingerprint density at radius 3 is 2.30 bits per heavy atom. The second-order valence-electron chi connectivity index (χ2n) is 5.61. The van der Waals surface area contributed by atoms with Gasteiger partial charge in [-0.2, -0.15) is 5.26 Å². The Bertz CT molecular complexity index is 1030. The normalized spacial score (nSPS) is 10.9. The number of benzene rings is 2. The Balaban J connectivity index is 1.92. The number of rotatable bonds is 5. The summed E-state index contributed by atoms with van der Waals surface area (Å²) in [6.07, 6.45) is 1.44. The van der Waals surface area contributed by atoms with Gasteiger partial charge in [0.15, 0.2) is 5.13 Å². The fraction of sp³-hybridized carbons (Fsp3) is 0.0476. The van der Waals surface area contributed by atoms with Gasteiger partial charge in [-0.1, -0.05) is 48.5 Å². The van der Waals surface area contributed by atoms with Gasteiger partial charge in [-0.05, 0) is 18.2 Å². The lowest BCUT2D eigenvalue weighted by molar-refractivity contribution is -0.115. The second kappa shape index (κ2) is 8.21. The molecule has 0 fully saturated rings. The molecule has 1 amide bonds. The molecule has 6 heteroatoms. The van der Waals surface area contributed by atoms with Gasteiger partial charge in [0.2, 0.25) is 11.7 Å². The van der Waals surface area contributed by atoms with E-state index in [-0.39, 0.29) is 17.3 Å². The maximum Gasteiger partial charge on any atom is 0.230 e. The highest BCUT2D eigenvalue weighted by atomic mass is 32.1. The fourth-order valence-electron chi connectivity index (χ4n) is 2.49. The lowest BCUT2D eigenvalue weighted by Crippen LogP contribution is -2.22. The molecule has 3 aromatic rings. The molecular formula is C21H15N3O2S. The average molecular weight is 373 g/mol. The van der Waals surface area contributed by atoms with Crippen molar-refractivity contribution in [3.63, 3.8) is 0 Å². The van der Waals surface area contributed by atoms with Gasteiger partial charge in [0.25, 0.3) is 0 Å². The molecular weight excluding hydrogens is 358 g/mol. The number of carbonyl (C=O) groups is 2. The highest BCUT2D eigenvalue weighted by Gasteiger charge is 2.18. The van der Waals surface area contributed by atoms with Gasteiger partial charge in [0.1, 0.15) is 11.6 Å². The number of hydrogen-bond donors (Lipinski definition) is 0. The van der Waals surface area contributed by atoms with Gasteiger partial charge in [-0.25, -0.2) is 4.98 Å². The van der Waals surface area contributed by atoms with E-state index in [0.29, 0.717) is 22.1 Å². The van der Waals surface area contributed by atoms with E-state index in [9.17, 15) is 14.9 Å². The van der Waals surface area contributed by atoms with Crippen molar-refractivity contribution in [2.24, 2.45) is 0 Å². The summed E-state index contributed by atoms with van der Waals surface area (Å²) in [6, 6.07) is 19.7. The number of carbonyl (C=O) groups excluding carboxylic acids is 2. The Kier molecular flexibility index (Phi) is 5.55. The second-order valence-corrected chi connectivity index (χ2v) is 6.45. The van der Waals surface area contributed by atoms with Crippen molar-refractivity contribution in [3.05, 3.63) is 82.9 Å². The number of allylic oxidation sites excluding steroid dienone is 1. The third-order valence-electron chi connectivity index (χ3n) is 3.72. The Labute approximate surface area is 160 Å². The first-order valence-corrected chi connectivity index (χ1v) is 9.01. The Hall–Kier alpha value is -3.56. The Morgan fingerprint density at radius 2 is 1.70 bits per heavy atom. The lowest BCUT2D eigenvalue weighted by atomic mass is 10.0. The summed E-state index contributed by atoms with van der Waals surface area (Å²) in [5.74, 6) is -0.536. The molecule has 0 saturated heterocycles. The number of ketones is 1. The smallest absolute Gasteiger partial charge is 0.230 e. The van der Waals surface area contributed by atoms with Gasteiger partial charge < -0.3 is 0 Å². The van der Waals surface area contributed by atoms with Crippen LogP contribution in [0.15, 0.2) is 71.6 Å². The van der Waals surface area contributed by atoms with E-state index in [1.165, 1.54) is 29.2 Å². The highest BCUT2D eigenvalue weighted by Crippen LogP contribution is 2.29. The van der Waals surface area contributed by atoms with Gasteiger partial charge >= 0.3 is 0 Å². The first kappa shape index (κ1) is 18.2. The number of hydrogen-bond acceptors (Lipinski definition) is 5. The minimum atomic E-state index is -0.362. The van der Waals surface area contributed by atoms with Crippen molar-refractivity contribution in [2.45, 2.75) is 6.92 Å². The molecule has 1 aromatic heterocycles. The molecule has 0 radical (unpaired) electrons. The maximum absolute atomic E-state index is 12.5. The number of para-hydroxylation sites is 1. The van der Waals surface area contributed by atoms with Gasteiger partial charge in [0, 0.05) is 17.9 Å². The molecule has 3 rings (SSSR count). The van der Waals surface area contributed by atoms with Crippen LogP contribution in [0.5, 0.6) is 0 Å². The monoisotopic (exact) mass is 373 g/mol. The van der Waals surface area contributed by atoms with Crippen LogP contribution in [0.4, 0.5) is 10.8 Å². The zero-order valence-corrected chi connectivity index (χ0v) is 15.3. The van der Waals surface area contributed by atoms with Crippen LogP contribution in [0, 0.1) is 11.3 Å². The van der Waals surface area contributed by atoms with Gasteiger partial charge in [-0.3, -0.25) is 14.5 Å². The summed E-state index contributed by atoms with van der Waals surface area (Å²) in [4.78, 5) is 30.5. The molecule has 27 heavy (non-hydrogen) atoms. The molecule has 0 aliphatic rings. The van der Waals surface area contributed by atoms with Crippen LogP contribution < -0.4 is 4.90 Å². The number of nitriles is 1. The number of thiazole rings is 1. The summed E-state index contributed by atoms with van der Waals surface area (Å²) in [7, 11) is 0. The van der Waals surface area contributed by atoms with E-state index in [0.717, 1.165) is 0 Å². The summed E-state index contributed by atoms with van der Waals surface area (Å²) < 4.78 is 0. The van der Waals surface area contributed by atoms with Crippen molar-refractivity contribution in [1.29, 1.82) is 5.26 Å². The molecule has 0 N–H and O–H groups in total. The molecule has 0 saturated carbocycles. The fourth-order valence-corrected chi connectivity index (χ4v) is 3.34. The van der Waals surface area contributed by atoms with Crippen LogP contribution in [-0.4, -0.2) is 16.7 Å². The van der Waals surface area contributed by atoms with E-state index in [4.69, 9.17) is 0 Å². The molecule has 0 spiro atoms. The molecule has 5 nitrogen and oxygen atoms in total. The predicted octanol–water partition coefficient (Wildman–Crippen LogP) is 4.62. The topological polar surface area (TPSA) is 74.1 Å². The van der Waals surface area contributed by atoms with E-state index in [1.807, 2.05) is 36.4 Å². The molecule has 0 bridgehead atoms. The number of Topliss-reactive ketones (excluding diaryl/α,β-unsaturated/α-hetero) is 1. The molecule has 0 aliphatic heterocycles. The van der Waals surface area contributed by atoms with E-state index < -0.39 is 0 Å². The molecule has 1 heterocycles. The zero-order chi connectivity index (χ0) is 19.2. The summed E-state index contributed by atoms with van der Waals surface area (Å²) in [5, 5.41) is 11.6. The first-order chi connectivity index (χ1) is 13.1. The summed E-state index contributed by atoms with van der Waals surface area (Å²) in [5.41, 5.74) is 1.59. The zero-order valence-electron chi connectivity index (χ0n) is 14.5. The van der Waals surface area contributed by atoms with Crippen molar-refractivity contribution in [1.82, 2.24) is 4.98 Å². The molecule has 0 aliphatic carbocycles. The molecule has 0 atom stereocenters. The van der Waals surface area contributed by atoms with Crippen molar-refractivity contribution in [2.75, 3.05) is 4.90 Å². The first-order valence-electron chi connectivity index (χ1n) is 8.13. The largest absolute Gasteiger partial charge is 0.288 e. The average Bonchev–Trinajstić information content (AvgIpc) is 3.15. The van der Waals surface area contributed by atoms with Crippen molar-refractivity contribution in [3.8, 4) is 6.07 Å². The number of aromatic nitrogens is 1. The number of nitrogens with zero attached hydrogens (tertiary/aromatic N) is 3. The molecule has 132 valence electrons. The molecule has 2 aromatic carbocycles. The summed E-state index contributed by atoms with van der Waals surface area (Å²) in [6.45, 7) is 1.46. The van der Waals surface area contributed by atoms with E-state index >= 15 is 0 Å². The molecule has 0 unspecified atom stereocenters. The van der Waals surface area contributed by atoms with Gasteiger partial charge in [-0.15, -0.1) is 11.3 Å². The quantitative estimate of drug-likeness (QED) is 0.372. The van der Waals surface area contributed by atoms with Crippen LogP contribution >= 0.6 is 11.3 Å². The standard InChI is InChI=1S/C21H15N3O2S/c1-15(25)24(19-10-6-3-7-11-19)21-23-18(14-27-21)12-17(13-22)20(26)16-8-4-2-5-9-16/h2-12,14H,1H3/b17-12+. The highest BCUT2D eigenvalue weighted by molar-refractivity contribution is 7.14. The van der Waals surface area contributed by atoms with Crippen LogP contribution in [0.2, 0.25) is 0 Å². The predicted molar refractivity (Wildman–Crippen MR) is 106 cm³/mol. The minimum Gasteiger partial charge on any atom is -0.288 e. The minimum absolute atomic E-state index is 0.00728. The van der Waals surface area contributed by atoms with E-state index in [1.54, 1.807) is 35.7 Å². The number of anilines is 2. The van der Waals surface area contributed by atoms with Crippen LogP contribution in [0.25, 0.3) is 6.08 Å². The SMILES string of the molecule is CC(=O)N(c1ccccc1)c1nc(/C=C(\C#N)C(=O)c2ccccc2)cs1. The van der Waals surface area contributed by atoms with Crippen LogP contribution in [0.1, 0.15) is 23.0 Å². The third-order valence-corrected chi connectivity index (χ3v) is 4.57. The van der Waals surface area contributed by atoms with Crippen molar-refractivity contribution < 1.29 is 9.59 Å². The maximum atomic E-state index is 12.5. The Morgan fingerprint density at radius 1 is 1.07 bits per heavy atom. The van der Waals surface area contributed by atoms with Crippen LogP contribution in [-0.2, 0) is 4.79 Å². The van der Waals surface area contributed by atoms with Gasteiger partial charge in [0.05, 0.1) is 11.4 Å².